The molecule has 3 rings (SSSR count). The lowest BCUT2D eigenvalue weighted by atomic mass is 10.0. The van der Waals surface area contributed by atoms with Gasteiger partial charge in [0, 0.05) is 0 Å². The highest BCUT2D eigenvalue weighted by Gasteiger charge is 2.33. The highest BCUT2D eigenvalue weighted by atomic mass is 28.3. The van der Waals surface area contributed by atoms with Crippen LogP contribution in [-0.4, -0.2) is 8.07 Å². The van der Waals surface area contributed by atoms with Crippen molar-refractivity contribution in [2.75, 3.05) is 0 Å². The Morgan fingerprint density at radius 3 is 1.40 bits per heavy atom. The summed E-state index contributed by atoms with van der Waals surface area (Å²) in [6.45, 7) is 12.9. The maximum Gasteiger partial charge on any atom is 0.112 e. The quantitative estimate of drug-likeness (QED) is 0.626. The van der Waals surface area contributed by atoms with E-state index in [2.05, 4.69) is 61.6 Å². The molecule has 0 bridgehead atoms. The van der Waals surface area contributed by atoms with Gasteiger partial charge in [-0.05, 0) is 17.5 Å². The largest absolute Gasteiger partial charge is 0.112 e. The van der Waals surface area contributed by atoms with Crippen LogP contribution in [0.2, 0.25) is 13.1 Å². The van der Waals surface area contributed by atoms with Gasteiger partial charge in [0.15, 0.2) is 0 Å². The highest BCUT2D eigenvalue weighted by Crippen LogP contribution is 2.19. The van der Waals surface area contributed by atoms with Crippen molar-refractivity contribution in [3.8, 4) is 0 Å². The van der Waals surface area contributed by atoms with Crippen LogP contribution in [0.15, 0.2) is 48.5 Å². The molecule has 0 N–H and O–H groups in total. The third kappa shape index (κ3) is 3.04. The summed E-state index contributed by atoms with van der Waals surface area (Å²) in [7, 11) is -1.43. The van der Waals surface area contributed by atoms with E-state index in [9.17, 15) is 0 Å². The number of fused-ring (bicyclic) bond motifs is 2. The van der Waals surface area contributed by atoms with E-state index in [1.807, 2.05) is 27.7 Å². The third-order valence-corrected chi connectivity index (χ3v) is 7.43. The summed E-state index contributed by atoms with van der Waals surface area (Å²) in [6, 6.07) is 17.9. The summed E-state index contributed by atoms with van der Waals surface area (Å²) < 4.78 is 0. The molecule has 1 heterocycles. The van der Waals surface area contributed by atoms with Gasteiger partial charge in [-0.15, -0.1) is 0 Å². The fraction of sp³-hybridized carbons (Fsp3) is 0.368. The Labute approximate surface area is 125 Å². The summed E-state index contributed by atoms with van der Waals surface area (Å²) in [6.07, 6.45) is 1.11. The van der Waals surface area contributed by atoms with Crippen LogP contribution in [0.25, 0.3) is 0 Å². The minimum atomic E-state index is -1.43. The van der Waals surface area contributed by atoms with Crippen molar-refractivity contribution in [3.63, 3.8) is 0 Å². The first kappa shape index (κ1) is 16.7. The molecule has 0 fully saturated rings. The topological polar surface area (TPSA) is 0 Å². The first-order valence-corrected chi connectivity index (χ1v) is 10.9. The molecule has 0 nitrogen and oxygen atoms in total. The molecule has 0 aromatic heterocycles. The Kier molecular flexibility index (Phi) is 6.22. The summed E-state index contributed by atoms with van der Waals surface area (Å²) in [5.41, 5.74) is 3.08. The van der Waals surface area contributed by atoms with E-state index in [0.717, 1.165) is 6.42 Å². The molecular weight excluding hydrogens is 256 g/mol. The Balaban J connectivity index is 0.000000461. The van der Waals surface area contributed by atoms with Crippen molar-refractivity contribution in [2.45, 2.75) is 47.2 Å². The molecule has 0 amide bonds. The molecule has 0 unspecified atom stereocenters. The molecule has 108 valence electrons. The minimum absolute atomic E-state index is 1.11. The number of hydrogen-bond donors (Lipinski definition) is 0. The molecule has 0 saturated heterocycles. The van der Waals surface area contributed by atoms with Crippen LogP contribution in [-0.2, 0) is 6.42 Å². The maximum atomic E-state index is 2.46. The van der Waals surface area contributed by atoms with Crippen molar-refractivity contribution in [1.29, 1.82) is 0 Å². The van der Waals surface area contributed by atoms with E-state index < -0.39 is 8.07 Å². The van der Waals surface area contributed by atoms with Crippen molar-refractivity contribution in [3.05, 3.63) is 59.7 Å². The molecule has 0 radical (unpaired) electrons. The monoisotopic (exact) mass is 284 g/mol. The average Bonchev–Trinajstić information content (AvgIpc) is 2.52. The Morgan fingerprint density at radius 1 is 0.650 bits per heavy atom. The van der Waals surface area contributed by atoms with Crippen LogP contribution in [0.1, 0.15) is 38.8 Å². The molecule has 1 aliphatic rings. The van der Waals surface area contributed by atoms with Crippen LogP contribution in [0.4, 0.5) is 0 Å². The molecule has 2 aromatic carbocycles. The van der Waals surface area contributed by atoms with Crippen LogP contribution < -0.4 is 10.4 Å². The van der Waals surface area contributed by atoms with Gasteiger partial charge in [-0.3, -0.25) is 0 Å². The van der Waals surface area contributed by atoms with Gasteiger partial charge in [0.25, 0.3) is 0 Å². The molecule has 0 atom stereocenters. The fourth-order valence-electron chi connectivity index (χ4n) is 2.92. The lowest BCUT2D eigenvalue weighted by Gasteiger charge is -2.33. The van der Waals surface area contributed by atoms with E-state index in [1.54, 1.807) is 10.4 Å². The standard InChI is InChI=1S/C15H16Si.2C2H6/c1-16(2)14-9-5-3-7-12(14)11-13-8-4-6-10-15(13)16;2*1-2/h3-10H,11H2,1-2H3;2*1-2H3. The molecule has 20 heavy (non-hydrogen) atoms. The van der Waals surface area contributed by atoms with Gasteiger partial charge in [0.05, 0.1) is 0 Å². The van der Waals surface area contributed by atoms with Gasteiger partial charge >= 0.3 is 0 Å². The zero-order valence-electron chi connectivity index (χ0n) is 13.8. The molecule has 1 heteroatoms. The van der Waals surface area contributed by atoms with Gasteiger partial charge in [-0.25, -0.2) is 0 Å². The van der Waals surface area contributed by atoms with Crippen LogP contribution >= 0.6 is 0 Å². The van der Waals surface area contributed by atoms with Crippen LogP contribution in [0.3, 0.4) is 0 Å². The summed E-state index contributed by atoms with van der Waals surface area (Å²) in [5.74, 6) is 0. The molecular formula is C19H28Si. The predicted molar refractivity (Wildman–Crippen MR) is 95.1 cm³/mol. The third-order valence-electron chi connectivity index (χ3n) is 3.76. The first-order valence-electron chi connectivity index (χ1n) is 7.86. The van der Waals surface area contributed by atoms with Crippen molar-refractivity contribution in [1.82, 2.24) is 0 Å². The normalized spacial score (nSPS) is 13.7. The molecule has 2 aromatic rings. The minimum Gasteiger partial charge on any atom is -0.0683 e. The van der Waals surface area contributed by atoms with Gasteiger partial charge in [-0.1, -0.05) is 99.7 Å². The van der Waals surface area contributed by atoms with Crippen molar-refractivity contribution in [2.24, 2.45) is 0 Å². The van der Waals surface area contributed by atoms with E-state index >= 15 is 0 Å². The van der Waals surface area contributed by atoms with E-state index in [1.165, 1.54) is 11.1 Å². The number of rotatable bonds is 0. The Morgan fingerprint density at radius 2 is 1.00 bits per heavy atom. The summed E-state index contributed by atoms with van der Waals surface area (Å²) in [5, 5.41) is 3.24. The number of hydrogen-bond acceptors (Lipinski definition) is 0. The molecule has 0 saturated carbocycles. The maximum absolute atomic E-state index is 2.46. The van der Waals surface area contributed by atoms with Crippen LogP contribution in [0, 0.1) is 0 Å². The fourth-order valence-corrected chi connectivity index (χ4v) is 6.18. The highest BCUT2D eigenvalue weighted by molar-refractivity contribution is 7.01. The Bertz CT molecular complexity index is 493. The van der Waals surface area contributed by atoms with E-state index in [0.29, 0.717) is 0 Å². The lowest BCUT2D eigenvalue weighted by Crippen LogP contribution is -2.58. The predicted octanol–water partition coefficient (Wildman–Crippen LogP) is 4.47. The second-order valence-corrected chi connectivity index (χ2v) is 9.44. The number of benzene rings is 2. The van der Waals surface area contributed by atoms with Gasteiger partial charge < -0.3 is 0 Å². The smallest absolute Gasteiger partial charge is 0.0683 e. The zero-order valence-corrected chi connectivity index (χ0v) is 14.8. The second kappa shape index (κ2) is 7.44. The van der Waals surface area contributed by atoms with Gasteiger partial charge in [0.2, 0.25) is 0 Å². The first-order chi connectivity index (χ1) is 9.69. The summed E-state index contributed by atoms with van der Waals surface area (Å²) in [4.78, 5) is 0. The molecule has 0 spiro atoms. The average molecular weight is 285 g/mol. The SMILES string of the molecule is CC.CC.C[Si]1(C)c2ccccc2Cc2ccccc21. The van der Waals surface area contributed by atoms with E-state index in [4.69, 9.17) is 0 Å². The zero-order chi connectivity index (χ0) is 15.2. The Hall–Kier alpha value is -1.34. The van der Waals surface area contributed by atoms with Crippen LogP contribution in [0.5, 0.6) is 0 Å². The second-order valence-electron chi connectivity index (χ2n) is 5.12. The lowest BCUT2D eigenvalue weighted by molar-refractivity contribution is 1.20. The van der Waals surface area contributed by atoms with E-state index in [-0.39, 0.29) is 0 Å². The van der Waals surface area contributed by atoms with Crippen molar-refractivity contribution < 1.29 is 0 Å². The van der Waals surface area contributed by atoms with Gasteiger partial charge in [0.1, 0.15) is 8.07 Å². The summed E-state index contributed by atoms with van der Waals surface area (Å²) >= 11 is 0. The van der Waals surface area contributed by atoms with Gasteiger partial charge in [-0.2, -0.15) is 0 Å². The van der Waals surface area contributed by atoms with Crippen molar-refractivity contribution >= 4 is 18.4 Å². The molecule has 1 aliphatic heterocycles. The molecule has 0 aliphatic carbocycles.